The Bertz CT molecular complexity index is 896. The van der Waals surface area contributed by atoms with Crippen molar-refractivity contribution in [3.63, 3.8) is 0 Å². The van der Waals surface area contributed by atoms with Crippen LogP contribution in [0.2, 0.25) is 0 Å². The average molecular weight is 379 g/mol. The highest BCUT2D eigenvalue weighted by Crippen LogP contribution is 2.19. The second-order valence-corrected chi connectivity index (χ2v) is 8.38. The second-order valence-electron chi connectivity index (χ2n) is 6.34. The lowest BCUT2D eigenvalue weighted by atomic mass is 10.1. The van der Waals surface area contributed by atoms with Crippen molar-refractivity contribution >= 4 is 21.4 Å². The molecule has 2 N–H and O–H groups in total. The van der Waals surface area contributed by atoms with E-state index in [-0.39, 0.29) is 34.6 Å². The van der Waals surface area contributed by atoms with E-state index in [0.717, 1.165) is 0 Å². The van der Waals surface area contributed by atoms with Gasteiger partial charge in [0.1, 0.15) is 5.82 Å². The molecule has 0 aliphatic carbocycles. The normalized spacial score (nSPS) is 12.6. The summed E-state index contributed by atoms with van der Waals surface area (Å²) in [5.41, 5.74) is 1.03. The third-order valence-electron chi connectivity index (χ3n) is 4.00. The quantitative estimate of drug-likeness (QED) is 0.774. The SMILES string of the molecule is Cc1cc(NC(=O)c2cccc(S(=O)(=O)CC(C)CCO)c2)ccc1F. The van der Waals surface area contributed by atoms with Gasteiger partial charge in [-0.05, 0) is 61.2 Å². The van der Waals surface area contributed by atoms with E-state index >= 15 is 0 Å². The van der Waals surface area contributed by atoms with Crippen LogP contribution >= 0.6 is 0 Å². The number of aliphatic hydroxyl groups is 1. The number of benzene rings is 2. The summed E-state index contributed by atoms with van der Waals surface area (Å²) in [5, 5.41) is 11.6. The fourth-order valence-electron chi connectivity index (χ4n) is 2.53. The maximum Gasteiger partial charge on any atom is 0.255 e. The minimum absolute atomic E-state index is 0.0604. The Labute approximate surface area is 152 Å². The zero-order valence-corrected chi connectivity index (χ0v) is 15.5. The first-order valence-electron chi connectivity index (χ1n) is 8.24. The lowest BCUT2D eigenvalue weighted by molar-refractivity contribution is 0.102. The zero-order chi connectivity index (χ0) is 19.3. The van der Waals surface area contributed by atoms with Gasteiger partial charge in [0.15, 0.2) is 9.84 Å². The van der Waals surface area contributed by atoms with E-state index < -0.39 is 15.7 Å². The lowest BCUT2D eigenvalue weighted by Crippen LogP contribution is -2.17. The second kappa shape index (κ2) is 8.42. The summed E-state index contributed by atoms with van der Waals surface area (Å²) < 4.78 is 38.3. The summed E-state index contributed by atoms with van der Waals surface area (Å²) in [6.45, 7) is 3.27. The van der Waals surface area contributed by atoms with Crippen LogP contribution in [0.1, 0.15) is 29.3 Å². The average Bonchev–Trinajstić information content (AvgIpc) is 2.58. The van der Waals surface area contributed by atoms with Gasteiger partial charge in [-0.15, -0.1) is 0 Å². The zero-order valence-electron chi connectivity index (χ0n) is 14.7. The Kier molecular flexibility index (Phi) is 6.50. The van der Waals surface area contributed by atoms with E-state index in [9.17, 15) is 17.6 Å². The predicted molar refractivity (Wildman–Crippen MR) is 98.5 cm³/mol. The number of halogens is 1. The summed E-state index contributed by atoms with van der Waals surface area (Å²) >= 11 is 0. The number of rotatable bonds is 7. The van der Waals surface area contributed by atoms with E-state index in [0.29, 0.717) is 17.7 Å². The molecule has 2 aromatic rings. The van der Waals surface area contributed by atoms with E-state index in [1.807, 2.05) is 0 Å². The van der Waals surface area contributed by atoms with Crippen LogP contribution in [0.3, 0.4) is 0 Å². The minimum atomic E-state index is -3.56. The summed E-state index contributed by atoms with van der Waals surface area (Å²) in [5.74, 6) is -1.13. The first-order chi connectivity index (χ1) is 12.2. The molecule has 1 amide bonds. The summed E-state index contributed by atoms with van der Waals surface area (Å²) in [7, 11) is -3.56. The molecule has 0 saturated heterocycles. The first-order valence-corrected chi connectivity index (χ1v) is 9.89. The number of anilines is 1. The molecule has 5 nitrogen and oxygen atoms in total. The van der Waals surface area contributed by atoms with Gasteiger partial charge < -0.3 is 10.4 Å². The van der Waals surface area contributed by atoms with Gasteiger partial charge >= 0.3 is 0 Å². The molecule has 140 valence electrons. The van der Waals surface area contributed by atoms with Crippen LogP contribution < -0.4 is 5.32 Å². The molecule has 0 radical (unpaired) electrons. The molecule has 2 rings (SSSR count). The fourth-order valence-corrected chi connectivity index (χ4v) is 4.23. The minimum Gasteiger partial charge on any atom is -0.396 e. The monoisotopic (exact) mass is 379 g/mol. The van der Waals surface area contributed by atoms with Crippen molar-refractivity contribution in [3.05, 3.63) is 59.4 Å². The molecule has 0 spiro atoms. The number of aryl methyl sites for hydroxylation is 1. The largest absolute Gasteiger partial charge is 0.396 e. The molecule has 26 heavy (non-hydrogen) atoms. The summed E-state index contributed by atoms with van der Waals surface area (Å²) in [6.07, 6.45) is 0.392. The number of hydrogen-bond donors (Lipinski definition) is 2. The molecular formula is C19H22FNO4S. The Morgan fingerprint density at radius 3 is 2.62 bits per heavy atom. The molecule has 0 heterocycles. The number of carbonyl (C=O) groups is 1. The maximum atomic E-state index is 13.3. The molecule has 0 fully saturated rings. The van der Waals surface area contributed by atoms with E-state index in [2.05, 4.69) is 5.32 Å². The van der Waals surface area contributed by atoms with Gasteiger partial charge in [0.25, 0.3) is 5.91 Å². The third kappa shape index (κ3) is 5.12. The molecule has 7 heteroatoms. The predicted octanol–water partition coefficient (Wildman–Crippen LogP) is 3.18. The molecule has 0 bridgehead atoms. The van der Waals surface area contributed by atoms with Crippen LogP contribution in [-0.2, 0) is 9.84 Å². The van der Waals surface area contributed by atoms with Gasteiger partial charge in [0, 0.05) is 17.9 Å². The van der Waals surface area contributed by atoms with Crippen molar-refractivity contribution in [3.8, 4) is 0 Å². The molecule has 1 atom stereocenters. The molecular weight excluding hydrogens is 357 g/mol. The van der Waals surface area contributed by atoms with Crippen molar-refractivity contribution in [2.45, 2.75) is 25.2 Å². The van der Waals surface area contributed by atoms with Crippen molar-refractivity contribution < 1.29 is 22.7 Å². The van der Waals surface area contributed by atoms with E-state index in [4.69, 9.17) is 5.11 Å². The van der Waals surface area contributed by atoms with Crippen molar-refractivity contribution in [1.29, 1.82) is 0 Å². The number of aliphatic hydroxyl groups excluding tert-OH is 1. The Hall–Kier alpha value is -2.25. The van der Waals surface area contributed by atoms with E-state index in [1.165, 1.54) is 42.5 Å². The van der Waals surface area contributed by atoms with Crippen LogP contribution in [0.4, 0.5) is 10.1 Å². The fraction of sp³-hybridized carbons (Fsp3) is 0.316. The van der Waals surface area contributed by atoms with Crippen LogP contribution in [0.25, 0.3) is 0 Å². The molecule has 1 unspecified atom stereocenters. The maximum absolute atomic E-state index is 13.3. The van der Waals surface area contributed by atoms with Crippen molar-refractivity contribution in [1.82, 2.24) is 0 Å². The van der Waals surface area contributed by atoms with Crippen LogP contribution in [0.5, 0.6) is 0 Å². The molecule has 0 aromatic heterocycles. The molecule has 2 aromatic carbocycles. The highest BCUT2D eigenvalue weighted by molar-refractivity contribution is 7.91. The van der Waals surface area contributed by atoms with Crippen LogP contribution in [0, 0.1) is 18.7 Å². The smallest absolute Gasteiger partial charge is 0.255 e. The molecule has 0 aliphatic rings. The van der Waals surface area contributed by atoms with Crippen LogP contribution in [-0.4, -0.2) is 31.8 Å². The van der Waals surface area contributed by atoms with Gasteiger partial charge in [0.2, 0.25) is 0 Å². The third-order valence-corrected chi connectivity index (χ3v) is 5.98. The van der Waals surface area contributed by atoms with E-state index in [1.54, 1.807) is 13.8 Å². The van der Waals surface area contributed by atoms with Gasteiger partial charge in [-0.1, -0.05) is 13.0 Å². The Morgan fingerprint density at radius 2 is 1.96 bits per heavy atom. The number of sulfone groups is 1. The first kappa shape index (κ1) is 20.1. The Balaban J connectivity index is 2.19. The van der Waals surface area contributed by atoms with Crippen LogP contribution in [0.15, 0.2) is 47.4 Å². The number of nitrogens with one attached hydrogen (secondary N) is 1. The topological polar surface area (TPSA) is 83.5 Å². The Morgan fingerprint density at radius 1 is 1.23 bits per heavy atom. The number of carbonyl (C=O) groups excluding carboxylic acids is 1. The summed E-state index contributed by atoms with van der Waals surface area (Å²) in [6, 6.07) is 10.00. The van der Waals surface area contributed by atoms with Gasteiger partial charge in [0.05, 0.1) is 10.6 Å². The van der Waals surface area contributed by atoms with Gasteiger partial charge in [-0.2, -0.15) is 0 Å². The highest BCUT2D eigenvalue weighted by atomic mass is 32.2. The molecule has 0 saturated carbocycles. The summed E-state index contributed by atoms with van der Waals surface area (Å²) in [4.78, 5) is 12.4. The lowest BCUT2D eigenvalue weighted by Gasteiger charge is -2.12. The van der Waals surface area contributed by atoms with Gasteiger partial charge in [-0.25, -0.2) is 12.8 Å². The van der Waals surface area contributed by atoms with Gasteiger partial charge in [-0.3, -0.25) is 4.79 Å². The van der Waals surface area contributed by atoms with Crippen molar-refractivity contribution in [2.24, 2.45) is 5.92 Å². The number of amides is 1. The number of hydrogen-bond acceptors (Lipinski definition) is 4. The standard InChI is InChI=1S/C19H22FNO4S/c1-13(8-9-22)12-26(24,25)17-5-3-4-15(11-17)19(23)21-16-6-7-18(20)14(2)10-16/h3-7,10-11,13,22H,8-9,12H2,1-2H3,(H,21,23). The van der Waals surface area contributed by atoms with Crippen molar-refractivity contribution in [2.75, 3.05) is 17.7 Å². The molecule has 0 aliphatic heterocycles. The highest BCUT2D eigenvalue weighted by Gasteiger charge is 2.20.